The van der Waals surface area contributed by atoms with Crippen LogP contribution in [0.3, 0.4) is 0 Å². The molecule has 0 saturated carbocycles. The van der Waals surface area contributed by atoms with E-state index in [4.69, 9.17) is 0 Å². The zero-order valence-electron chi connectivity index (χ0n) is 11.1. The average Bonchev–Trinajstić information content (AvgIpc) is 2.63. The molecule has 1 N–H and O–H groups in total. The molecule has 3 nitrogen and oxygen atoms in total. The van der Waals surface area contributed by atoms with Crippen LogP contribution in [0.5, 0.6) is 0 Å². The Kier molecular flexibility index (Phi) is 5.19. The highest BCUT2D eigenvalue weighted by molar-refractivity contribution is 5.26. The number of nitrogens with one attached hydrogen (secondary N) is 1. The van der Waals surface area contributed by atoms with Crippen molar-refractivity contribution in [1.29, 1.82) is 0 Å². The highest BCUT2D eigenvalue weighted by Crippen LogP contribution is 2.22. The zero-order chi connectivity index (χ0) is 13.8. The third-order valence-electron chi connectivity index (χ3n) is 2.88. The van der Waals surface area contributed by atoms with Crippen LogP contribution in [-0.2, 0) is 25.9 Å². The molecule has 0 atom stereocenters. The third kappa shape index (κ3) is 3.73. The summed E-state index contributed by atoms with van der Waals surface area (Å²) in [4.78, 5) is 0. The molecule has 1 heterocycles. The molecule has 6 heteroatoms. The molecule has 0 radical (unpaired) electrons. The normalized spacial score (nSPS) is 12.1. The van der Waals surface area contributed by atoms with Gasteiger partial charge in [-0.1, -0.05) is 13.8 Å². The molecule has 0 aliphatic rings. The molecule has 0 fully saturated rings. The van der Waals surface area contributed by atoms with Gasteiger partial charge in [-0.05, 0) is 19.9 Å². The Labute approximate surface area is 105 Å². The molecule has 0 aliphatic carbocycles. The quantitative estimate of drug-likeness (QED) is 0.855. The number of nitrogens with zero attached hydrogens (tertiary/aromatic N) is 2. The number of hydrogen-bond donors (Lipinski definition) is 1. The monoisotopic (exact) mass is 263 g/mol. The molecule has 0 aliphatic heterocycles. The van der Waals surface area contributed by atoms with E-state index in [1.807, 2.05) is 20.9 Å². The van der Waals surface area contributed by atoms with E-state index < -0.39 is 12.6 Å². The molecule has 1 aromatic rings. The average molecular weight is 263 g/mol. The molecule has 1 rings (SSSR count). The number of halogens is 3. The van der Waals surface area contributed by atoms with Crippen LogP contribution < -0.4 is 5.32 Å². The number of aryl methyl sites for hydroxylation is 2. The second-order valence-corrected chi connectivity index (χ2v) is 4.20. The topological polar surface area (TPSA) is 29.9 Å². The summed E-state index contributed by atoms with van der Waals surface area (Å²) in [7, 11) is 1.83. The second-order valence-electron chi connectivity index (χ2n) is 4.20. The van der Waals surface area contributed by atoms with E-state index in [9.17, 15) is 13.2 Å². The first-order valence-corrected chi connectivity index (χ1v) is 6.21. The van der Waals surface area contributed by atoms with Crippen LogP contribution in [-0.4, -0.2) is 23.0 Å². The summed E-state index contributed by atoms with van der Waals surface area (Å²) in [5.74, 6) is 0. The number of hydrogen-bond acceptors (Lipinski definition) is 2. The van der Waals surface area contributed by atoms with Crippen LogP contribution >= 0.6 is 0 Å². The molecular weight excluding hydrogens is 243 g/mol. The highest BCUT2D eigenvalue weighted by Gasteiger charge is 2.27. The molecule has 0 bridgehead atoms. The maximum atomic E-state index is 12.3. The third-order valence-corrected chi connectivity index (χ3v) is 2.88. The lowest BCUT2D eigenvalue weighted by Gasteiger charge is -2.09. The maximum Gasteiger partial charge on any atom is 0.390 e. The van der Waals surface area contributed by atoms with Gasteiger partial charge in [0.1, 0.15) is 0 Å². The van der Waals surface area contributed by atoms with E-state index in [1.54, 1.807) is 0 Å². The minimum atomic E-state index is -4.13. The van der Waals surface area contributed by atoms with E-state index in [0.717, 1.165) is 23.4 Å². The van der Waals surface area contributed by atoms with Crippen molar-refractivity contribution in [3.05, 3.63) is 17.0 Å². The van der Waals surface area contributed by atoms with Crippen molar-refractivity contribution < 1.29 is 13.2 Å². The van der Waals surface area contributed by atoms with Crippen molar-refractivity contribution in [2.24, 2.45) is 0 Å². The zero-order valence-corrected chi connectivity index (χ0v) is 11.1. The highest BCUT2D eigenvalue weighted by atomic mass is 19.4. The number of aromatic nitrogens is 2. The van der Waals surface area contributed by atoms with Gasteiger partial charge in [0.15, 0.2) is 0 Å². The van der Waals surface area contributed by atoms with Gasteiger partial charge in [-0.25, -0.2) is 0 Å². The standard InChI is InChI=1S/C12H20F3N3/c1-4-10-9(8-16-3)11(5-2)18(17-10)7-6-12(13,14)15/h16H,4-8H2,1-3H3. The van der Waals surface area contributed by atoms with E-state index in [0.29, 0.717) is 13.0 Å². The first-order chi connectivity index (χ1) is 8.42. The molecule has 1 aromatic heterocycles. The SMILES string of the molecule is CCc1nn(CCC(F)(F)F)c(CC)c1CNC. The lowest BCUT2D eigenvalue weighted by atomic mass is 10.1. The second kappa shape index (κ2) is 6.22. The number of alkyl halides is 3. The van der Waals surface area contributed by atoms with Crippen molar-refractivity contribution in [2.45, 2.75) is 52.4 Å². The summed E-state index contributed by atoms with van der Waals surface area (Å²) in [5.41, 5.74) is 2.85. The van der Waals surface area contributed by atoms with Gasteiger partial charge in [-0.15, -0.1) is 0 Å². The van der Waals surface area contributed by atoms with E-state index >= 15 is 0 Å². The Morgan fingerprint density at radius 2 is 1.89 bits per heavy atom. The van der Waals surface area contributed by atoms with Crippen molar-refractivity contribution in [3.8, 4) is 0 Å². The Morgan fingerprint density at radius 1 is 1.22 bits per heavy atom. The van der Waals surface area contributed by atoms with Gasteiger partial charge in [0, 0.05) is 24.3 Å². The Hall–Kier alpha value is -1.04. The Bertz CT molecular complexity index is 383. The largest absolute Gasteiger partial charge is 0.390 e. The van der Waals surface area contributed by atoms with Crippen molar-refractivity contribution >= 4 is 0 Å². The molecule has 18 heavy (non-hydrogen) atoms. The van der Waals surface area contributed by atoms with Crippen LogP contribution in [0, 0.1) is 0 Å². The van der Waals surface area contributed by atoms with Crippen molar-refractivity contribution in [3.63, 3.8) is 0 Å². The van der Waals surface area contributed by atoms with Gasteiger partial charge in [-0.3, -0.25) is 4.68 Å². The summed E-state index contributed by atoms with van der Waals surface area (Å²) in [6.07, 6.45) is -3.53. The van der Waals surface area contributed by atoms with Crippen LogP contribution in [0.1, 0.15) is 37.2 Å². The van der Waals surface area contributed by atoms with E-state index in [1.165, 1.54) is 4.68 Å². The predicted octanol–water partition coefficient (Wildman–Crippen LogP) is 2.68. The molecule has 0 amide bonds. The molecular formula is C12H20F3N3. The van der Waals surface area contributed by atoms with Crippen LogP contribution in [0.15, 0.2) is 0 Å². The predicted molar refractivity (Wildman–Crippen MR) is 64.4 cm³/mol. The first-order valence-electron chi connectivity index (χ1n) is 6.21. The smallest absolute Gasteiger partial charge is 0.316 e. The van der Waals surface area contributed by atoms with Crippen LogP contribution in [0.4, 0.5) is 13.2 Å². The van der Waals surface area contributed by atoms with Crippen molar-refractivity contribution in [1.82, 2.24) is 15.1 Å². The lowest BCUT2D eigenvalue weighted by molar-refractivity contribution is -0.137. The fraction of sp³-hybridized carbons (Fsp3) is 0.750. The summed E-state index contributed by atoms with van der Waals surface area (Å²) in [6.45, 7) is 4.47. The molecule has 0 aromatic carbocycles. The van der Waals surface area contributed by atoms with Gasteiger partial charge < -0.3 is 5.32 Å². The maximum absolute atomic E-state index is 12.3. The molecule has 0 saturated heterocycles. The Morgan fingerprint density at radius 3 is 2.33 bits per heavy atom. The summed E-state index contributed by atoms with van der Waals surface area (Å²) < 4.78 is 38.3. The molecule has 0 unspecified atom stereocenters. The Balaban J connectivity index is 2.96. The lowest BCUT2D eigenvalue weighted by Crippen LogP contribution is -2.15. The van der Waals surface area contributed by atoms with E-state index in [2.05, 4.69) is 10.4 Å². The fourth-order valence-electron chi connectivity index (χ4n) is 2.07. The van der Waals surface area contributed by atoms with Crippen LogP contribution in [0.25, 0.3) is 0 Å². The van der Waals surface area contributed by atoms with E-state index in [-0.39, 0.29) is 6.54 Å². The summed E-state index contributed by atoms with van der Waals surface area (Å²) in [5, 5.41) is 7.34. The summed E-state index contributed by atoms with van der Waals surface area (Å²) in [6, 6.07) is 0. The number of rotatable bonds is 6. The van der Waals surface area contributed by atoms with Crippen molar-refractivity contribution in [2.75, 3.05) is 7.05 Å². The first kappa shape index (κ1) is 15.0. The molecule has 104 valence electrons. The minimum Gasteiger partial charge on any atom is -0.316 e. The van der Waals surface area contributed by atoms with Gasteiger partial charge in [0.05, 0.1) is 12.1 Å². The van der Waals surface area contributed by atoms with Gasteiger partial charge in [-0.2, -0.15) is 18.3 Å². The van der Waals surface area contributed by atoms with Crippen LogP contribution in [0.2, 0.25) is 0 Å². The van der Waals surface area contributed by atoms with Gasteiger partial charge >= 0.3 is 6.18 Å². The van der Waals surface area contributed by atoms with Gasteiger partial charge in [0.2, 0.25) is 0 Å². The van der Waals surface area contributed by atoms with Gasteiger partial charge in [0.25, 0.3) is 0 Å². The fourth-order valence-corrected chi connectivity index (χ4v) is 2.07. The minimum absolute atomic E-state index is 0.0939. The molecule has 0 spiro atoms. The summed E-state index contributed by atoms with van der Waals surface area (Å²) >= 11 is 0.